The summed E-state index contributed by atoms with van der Waals surface area (Å²) in [7, 11) is 1.86. The molecule has 0 saturated heterocycles. The molecule has 0 aromatic carbocycles. The Hall–Kier alpha value is -2.18. The van der Waals surface area contributed by atoms with Gasteiger partial charge in [-0.15, -0.1) is 5.10 Å². The number of hydrogen-bond donors (Lipinski definition) is 1. The lowest BCUT2D eigenvalue weighted by atomic mass is 10.3. The topological polar surface area (TPSA) is 85.8 Å². The molecule has 0 saturated carbocycles. The standard InChI is InChI=1S/C9H11N5O2/c1-13-7(2-4-10-13)3-5-14-6-8(9(15)16)11-12-14/h2,4,6H,3,5H2,1H3,(H,15,16). The van der Waals surface area contributed by atoms with Gasteiger partial charge in [-0.2, -0.15) is 5.10 Å². The normalized spacial score (nSPS) is 10.6. The molecule has 0 aliphatic heterocycles. The number of nitrogens with zero attached hydrogens (tertiary/aromatic N) is 5. The van der Waals surface area contributed by atoms with Crippen LogP contribution in [0.15, 0.2) is 18.5 Å². The summed E-state index contributed by atoms with van der Waals surface area (Å²) in [5.41, 5.74) is 1.03. The number of hydrogen-bond acceptors (Lipinski definition) is 4. The maximum atomic E-state index is 10.6. The first kappa shape index (κ1) is 10.3. The van der Waals surface area contributed by atoms with Crippen molar-refractivity contribution in [3.63, 3.8) is 0 Å². The second-order valence-corrected chi connectivity index (χ2v) is 3.37. The van der Waals surface area contributed by atoms with Gasteiger partial charge in [0.15, 0.2) is 5.69 Å². The first-order valence-corrected chi connectivity index (χ1v) is 4.77. The summed E-state index contributed by atoms with van der Waals surface area (Å²) in [6.45, 7) is 0.583. The molecule has 84 valence electrons. The van der Waals surface area contributed by atoms with Gasteiger partial charge in [-0.25, -0.2) is 4.79 Å². The van der Waals surface area contributed by atoms with Gasteiger partial charge in [0.2, 0.25) is 0 Å². The highest BCUT2D eigenvalue weighted by molar-refractivity contribution is 5.84. The predicted molar refractivity (Wildman–Crippen MR) is 53.9 cm³/mol. The summed E-state index contributed by atoms with van der Waals surface area (Å²) in [6, 6.07) is 1.91. The average Bonchev–Trinajstić information content (AvgIpc) is 2.83. The molecular formula is C9H11N5O2. The fourth-order valence-electron chi connectivity index (χ4n) is 1.38. The number of carboxylic acid groups (broad SMARTS) is 1. The van der Waals surface area contributed by atoms with Crippen molar-refractivity contribution in [3.05, 3.63) is 29.8 Å². The van der Waals surface area contributed by atoms with E-state index in [0.29, 0.717) is 6.54 Å². The van der Waals surface area contributed by atoms with Gasteiger partial charge in [0.1, 0.15) is 0 Å². The zero-order chi connectivity index (χ0) is 11.5. The van der Waals surface area contributed by atoms with Crippen LogP contribution in [0.5, 0.6) is 0 Å². The predicted octanol–water partition coefficient (Wildman–Crippen LogP) is -0.0475. The Morgan fingerprint density at radius 1 is 1.56 bits per heavy atom. The highest BCUT2D eigenvalue weighted by Crippen LogP contribution is 2.00. The van der Waals surface area contributed by atoms with Crippen LogP contribution in [0.3, 0.4) is 0 Å². The van der Waals surface area contributed by atoms with E-state index >= 15 is 0 Å². The van der Waals surface area contributed by atoms with E-state index in [-0.39, 0.29) is 5.69 Å². The van der Waals surface area contributed by atoms with E-state index in [1.807, 2.05) is 13.1 Å². The Balaban J connectivity index is 2.00. The van der Waals surface area contributed by atoms with Gasteiger partial charge >= 0.3 is 5.97 Å². The highest BCUT2D eigenvalue weighted by atomic mass is 16.4. The molecule has 2 heterocycles. The van der Waals surface area contributed by atoms with Crippen LogP contribution in [0, 0.1) is 0 Å². The SMILES string of the molecule is Cn1nccc1CCn1cc(C(=O)O)nn1. The smallest absolute Gasteiger partial charge is 0.358 e. The van der Waals surface area contributed by atoms with E-state index in [2.05, 4.69) is 15.4 Å². The molecule has 0 atom stereocenters. The molecule has 2 rings (SSSR count). The summed E-state index contributed by atoms with van der Waals surface area (Å²) in [4.78, 5) is 10.6. The zero-order valence-electron chi connectivity index (χ0n) is 8.74. The van der Waals surface area contributed by atoms with Crippen molar-refractivity contribution in [2.24, 2.45) is 7.05 Å². The van der Waals surface area contributed by atoms with Gasteiger partial charge < -0.3 is 5.11 Å². The largest absolute Gasteiger partial charge is 0.476 e. The van der Waals surface area contributed by atoms with Crippen LogP contribution in [0.25, 0.3) is 0 Å². The number of aryl methyl sites for hydroxylation is 3. The van der Waals surface area contributed by atoms with Gasteiger partial charge in [0, 0.05) is 31.9 Å². The monoisotopic (exact) mass is 221 g/mol. The summed E-state index contributed by atoms with van der Waals surface area (Å²) in [5.74, 6) is -1.06. The van der Waals surface area contributed by atoms with Crippen molar-refractivity contribution in [2.45, 2.75) is 13.0 Å². The molecule has 1 N–H and O–H groups in total. The molecule has 0 unspecified atom stereocenters. The lowest BCUT2D eigenvalue weighted by Gasteiger charge is -2.00. The third-order valence-corrected chi connectivity index (χ3v) is 2.28. The van der Waals surface area contributed by atoms with Crippen LogP contribution in [0.4, 0.5) is 0 Å². The van der Waals surface area contributed by atoms with Crippen LogP contribution in [0.2, 0.25) is 0 Å². The molecule has 7 heteroatoms. The van der Waals surface area contributed by atoms with Gasteiger partial charge in [-0.1, -0.05) is 5.21 Å². The lowest BCUT2D eigenvalue weighted by molar-refractivity contribution is 0.0690. The van der Waals surface area contributed by atoms with Crippen LogP contribution in [-0.2, 0) is 20.0 Å². The first-order chi connectivity index (χ1) is 7.66. The summed E-state index contributed by atoms with van der Waals surface area (Å²) >= 11 is 0. The van der Waals surface area contributed by atoms with E-state index in [9.17, 15) is 4.79 Å². The molecule has 0 spiro atoms. The molecule has 0 bridgehead atoms. The summed E-state index contributed by atoms with van der Waals surface area (Å²) in [5, 5.41) is 20.0. The third-order valence-electron chi connectivity index (χ3n) is 2.28. The lowest BCUT2D eigenvalue weighted by Crippen LogP contribution is -2.06. The van der Waals surface area contributed by atoms with Gasteiger partial charge in [-0.05, 0) is 6.07 Å². The van der Waals surface area contributed by atoms with Crippen molar-refractivity contribution in [3.8, 4) is 0 Å². The molecule has 0 aliphatic rings. The third kappa shape index (κ3) is 2.08. The van der Waals surface area contributed by atoms with E-state index in [4.69, 9.17) is 5.11 Å². The van der Waals surface area contributed by atoms with Crippen molar-refractivity contribution < 1.29 is 9.90 Å². The number of aromatic nitrogens is 5. The molecule has 7 nitrogen and oxygen atoms in total. The van der Waals surface area contributed by atoms with E-state index in [1.165, 1.54) is 10.9 Å². The summed E-state index contributed by atoms with van der Waals surface area (Å²) in [6.07, 6.45) is 3.87. The maximum absolute atomic E-state index is 10.6. The Morgan fingerprint density at radius 2 is 2.38 bits per heavy atom. The van der Waals surface area contributed by atoms with Gasteiger partial charge in [0.05, 0.1) is 6.20 Å². The molecular weight excluding hydrogens is 210 g/mol. The second kappa shape index (κ2) is 4.13. The molecule has 0 aliphatic carbocycles. The fourth-order valence-corrected chi connectivity index (χ4v) is 1.38. The highest BCUT2D eigenvalue weighted by Gasteiger charge is 2.08. The number of aromatic carboxylic acids is 1. The van der Waals surface area contributed by atoms with Crippen LogP contribution >= 0.6 is 0 Å². The Labute approximate surface area is 91.3 Å². The molecule has 2 aromatic heterocycles. The maximum Gasteiger partial charge on any atom is 0.358 e. The van der Waals surface area contributed by atoms with E-state index < -0.39 is 5.97 Å². The Bertz CT molecular complexity index is 501. The average molecular weight is 221 g/mol. The quantitative estimate of drug-likeness (QED) is 0.782. The molecule has 0 radical (unpaired) electrons. The van der Waals surface area contributed by atoms with E-state index in [1.54, 1.807) is 10.9 Å². The molecule has 0 amide bonds. The van der Waals surface area contributed by atoms with E-state index in [0.717, 1.165) is 12.1 Å². The van der Waals surface area contributed by atoms with Crippen LogP contribution in [-0.4, -0.2) is 35.9 Å². The Kier molecular flexibility index (Phi) is 2.67. The number of rotatable bonds is 4. The minimum Gasteiger partial charge on any atom is -0.476 e. The fraction of sp³-hybridized carbons (Fsp3) is 0.333. The Morgan fingerprint density at radius 3 is 2.94 bits per heavy atom. The zero-order valence-corrected chi connectivity index (χ0v) is 8.74. The van der Waals surface area contributed by atoms with Crippen molar-refractivity contribution >= 4 is 5.97 Å². The van der Waals surface area contributed by atoms with Crippen LogP contribution < -0.4 is 0 Å². The molecule has 16 heavy (non-hydrogen) atoms. The van der Waals surface area contributed by atoms with Crippen molar-refractivity contribution in [1.82, 2.24) is 24.8 Å². The minimum absolute atomic E-state index is 0.0370. The second-order valence-electron chi connectivity index (χ2n) is 3.37. The van der Waals surface area contributed by atoms with Gasteiger partial charge in [0.25, 0.3) is 0 Å². The molecule has 0 fully saturated rings. The van der Waals surface area contributed by atoms with Crippen molar-refractivity contribution in [1.29, 1.82) is 0 Å². The van der Waals surface area contributed by atoms with Gasteiger partial charge in [-0.3, -0.25) is 9.36 Å². The number of carboxylic acids is 1. The minimum atomic E-state index is -1.06. The number of carbonyl (C=O) groups is 1. The van der Waals surface area contributed by atoms with Crippen LogP contribution in [0.1, 0.15) is 16.2 Å². The first-order valence-electron chi connectivity index (χ1n) is 4.77. The van der Waals surface area contributed by atoms with Crippen molar-refractivity contribution in [2.75, 3.05) is 0 Å². The summed E-state index contributed by atoms with van der Waals surface area (Å²) < 4.78 is 3.28. The molecule has 2 aromatic rings.